The number of nitrogens with one attached hydrogen (secondary N) is 1. The molecule has 2 aromatic heterocycles. The van der Waals surface area contributed by atoms with Crippen LogP contribution < -0.4 is 10.2 Å². The molecule has 130 valence electrons. The van der Waals surface area contributed by atoms with E-state index < -0.39 is 6.35 Å². The van der Waals surface area contributed by atoms with Crippen molar-refractivity contribution >= 4 is 11.6 Å². The molecule has 0 spiro atoms. The van der Waals surface area contributed by atoms with Crippen LogP contribution in [-0.4, -0.2) is 38.3 Å². The van der Waals surface area contributed by atoms with Crippen molar-refractivity contribution in [3.05, 3.63) is 29.4 Å². The first-order valence-corrected chi connectivity index (χ1v) is 8.08. The number of aromatic nitrogens is 3. The summed E-state index contributed by atoms with van der Waals surface area (Å²) in [6, 6.07) is -0.370. The molecular formula is C16H23N5O3. The average Bonchev–Trinajstić information content (AvgIpc) is 3.15. The van der Waals surface area contributed by atoms with Crippen LogP contribution in [0.2, 0.25) is 0 Å². The van der Waals surface area contributed by atoms with Crippen LogP contribution >= 0.6 is 0 Å². The zero-order chi connectivity index (χ0) is 17.4. The smallest absolute Gasteiger partial charge is 0.247 e. The van der Waals surface area contributed by atoms with Gasteiger partial charge in [-0.3, -0.25) is 19.7 Å². The number of aliphatic hydroxyl groups is 1. The van der Waals surface area contributed by atoms with Gasteiger partial charge in [-0.2, -0.15) is 5.10 Å². The van der Waals surface area contributed by atoms with Crippen molar-refractivity contribution in [2.75, 3.05) is 4.90 Å². The summed E-state index contributed by atoms with van der Waals surface area (Å²) in [7, 11) is 0. The van der Waals surface area contributed by atoms with Crippen LogP contribution in [0.15, 0.2) is 16.9 Å². The molecule has 1 aliphatic rings. The van der Waals surface area contributed by atoms with E-state index in [1.54, 1.807) is 17.1 Å². The fourth-order valence-electron chi connectivity index (χ4n) is 2.98. The van der Waals surface area contributed by atoms with Crippen LogP contribution in [-0.2, 0) is 11.3 Å². The number of nitrogens with zero attached hydrogens (tertiary/aromatic N) is 4. The predicted octanol–water partition coefficient (Wildman–Crippen LogP) is 1.16. The Labute approximate surface area is 140 Å². The molecule has 1 fully saturated rings. The first kappa shape index (κ1) is 16.7. The summed E-state index contributed by atoms with van der Waals surface area (Å²) in [4.78, 5) is 13.9. The molecule has 2 N–H and O–H groups in total. The molecule has 8 nitrogen and oxygen atoms in total. The van der Waals surface area contributed by atoms with E-state index in [1.165, 1.54) is 4.90 Å². The van der Waals surface area contributed by atoms with Gasteiger partial charge >= 0.3 is 0 Å². The van der Waals surface area contributed by atoms with Gasteiger partial charge in [-0.05, 0) is 26.2 Å². The Balaban J connectivity index is 1.77. The minimum absolute atomic E-state index is 0.131. The normalized spacial score (nSPS) is 21.2. The van der Waals surface area contributed by atoms with Crippen molar-refractivity contribution in [1.82, 2.24) is 20.3 Å². The van der Waals surface area contributed by atoms with Crippen molar-refractivity contribution < 1.29 is 14.4 Å². The SMILES string of the molecule is Cc1noc(C)c1Cn1cc(N2C(=O)C(CC(C)C)NC2O)cn1. The Morgan fingerprint density at radius 2 is 2.17 bits per heavy atom. The van der Waals surface area contributed by atoms with Crippen LogP contribution in [0.5, 0.6) is 0 Å². The monoisotopic (exact) mass is 333 g/mol. The molecule has 2 aromatic rings. The highest BCUT2D eigenvalue weighted by atomic mass is 16.5. The lowest BCUT2D eigenvalue weighted by atomic mass is 10.0. The Morgan fingerprint density at radius 1 is 1.42 bits per heavy atom. The van der Waals surface area contributed by atoms with E-state index in [2.05, 4.69) is 15.6 Å². The van der Waals surface area contributed by atoms with Crippen LogP contribution in [0.1, 0.15) is 37.3 Å². The van der Waals surface area contributed by atoms with Crippen LogP contribution in [0, 0.1) is 19.8 Å². The van der Waals surface area contributed by atoms with Crippen molar-refractivity contribution in [3.8, 4) is 0 Å². The lowest BCUT2D eigenvalue weighted by molar-refractivity contribution is -0.119. The van der Waals surface area contributed by atoms with Gasteiger partial charge in [0, 0.05) is 11.8 Å². The summed E-state index contributed by atoms with van der Waals surface area (Å²) in [6.07, 6.45) is 2.98. The Morgan fingerprint density at radius 3 is 2.79 bits per heavy atom. The van der Waals surface area contributed by atoms with Crippen molar-refractivity contribution in [2.45, 2.75) is 53.1 Å². The number of aliphatic hydroxyl groups excluding tert-OH is 1. The zero-order valence-electron chi connectivity index (χ0n) is 14.4. The van der Waals surface area contributed by atoms with Crippen LogP contribution in [0.25, 0.3) is 0 Å². The second kappa shape index (κ2) is 6.37. The molecule has 0 aliphatic carbocycles. The fraction of sp³-hybridized carbons (Fsp3) is 0.562. The first-order chi connectivity index (χ1) is 11.4. The predicted molar refractivity (Wildman–Crippen MR) is 87.2 cm³/mol. The first-order valence-electron chi connectivity index (χ1n) is 8.08. The van der Waals surface area contributed by atoms with Crippen LogP contribution in [0.4, 0.5) is 5.69 Å². The highest BCUT2D eigenvalue weighted by Gasteiger charge is 2.39. The Hall–Kier alpha value is -2.19. The number of rotatable bonds is 5. The number of amides is 1. The number of carbonyl (C=O) groups is 1. The molecule has 0 radical (unpaired) electrons. The van der Waals surface area contributed by atoms with Gasteiger partial charge in [-0.25, -0.2) is 0 Å². The van der Waals surface area contributed by atoms with E-state index in [4.69, 9.17) is 4.52 Å². The summed E-state index contributed by atoms with van der Waals surface area (Å²) >= 11 is 0. The van der Waals surface area contributed by atoms with Gasteiger partial charge in [0.2, 0.25) is 5.91 Å². The molecule has 0 saturated carbocycles. The van der Waals surface area contributed by atoms with E-state index in [0.29, 0.717) is 24.6 Å². The molecule has 24 heavy (non-hydrogen) atoms. The molecule has 2 unspecified atom stereocenters. The minimum atomic E-state index is -1.03. The molecule has 3 heterocycles. The standard InChI is InChI=1S/C16H23N5O3/c1-9(2)5-14-15(22)21(16(23)18-14)12-6-17-20(7-12)8-13-10(3)19-24-11(13)4/h6-7,9,14,16,18,23H,5,8H2,1-4H3. The summed E-state index contributed by atoms with van der Waals surface area (Å²) in [5.74, 6) is 0.981. The maximum absolute atomic E-state index is 12.5. The molecule has 0 aromatic carbocycles. The van der Waals surface area contributed by atoms with E-state index in [-0.39, 0.29) is 11.9 Å². The van der Waals surface area contributed by atoms with E-state index in [9.17, 15) is 9.90 Å². The molecule has 0 bridgehead atoms. The third-order valence-corrected chi connectivity index (χ3v) is 4.24. The number of hydrogen-bond donors (Lipinski definition) is 2. The maximum atomic E-state index is 12.5. The topological polar surface area (TPSA) is 96.4 Å². The quantitative estimate of drug-likeness (QED) is 0.852. The molecule has 1 saturated heterocycles. The minimum Gasteiger partial charge on any atom is -0.361 e. The van der Waals surface area contributed by atoms with Crippen molar-refractivity contribution in [2.24, 2.45) is 5.92 Å². The number of anilines is 1. The largest absolute Gasteiger partial charge is 0.361 e. The van der Waals surface area contributed by atoms with Gasteiger partial charge in [0.15, 0.2) is 6.35 Å². The third kappa shape index (κ3) is 3.07. The summed E-state index contributed by atoms with van der Waals surface area (Å²) in [6.45, 7) is 8.33. The van der Waals surface area contributed by atoms with Gasteiger partial charge in [0.05, 0.1) is 30.2 Å². The second-order valence-corrected chi connectivity index (χ2v) is 6.63. The lowest BCUT2D eigenvalue weighted by Gasteiger charge is -2.17. The highest BCUT2D eigenvalue weighted by molar-refractivity contribution is 5.99. The highest BCUT2D eigenvalue weighted by Crippen LogP contribution is 2.24. The number of aryl methyl sites for hydroxylation is 2. The van der Waals surface area contributed by atoms with Crippen molar-refractivity contribution in [1.29, 1.82) is 0 Å². The Kier molecular flexibility index (Phi) is 4.42. The maximum Gasteiger partial charge on any atom is 0.247 e. The molecule has 8 heteroatoms. The van der Waals surface area contributed by atoms with Gasteiger partial charge < -0.3 is 9.63 Å². The second-order valence-electron chi connectivity index (χ2n) is 6.63. The summed E-state index contributed by atoms with van der Waals surface area (Å²) < 4.78 is 6.86. The third-order valence-electron chi connectivity index (χ3n) is 4.24. The van der Waals surface area contributed by atoms with Gasteiger partial charge in [-0.1, -0.05) is 19.0 Å². The fourth-order valence-corrected chi connectivity index (χ4v) is 2.98. The van der Waals surface area contributed by atoms with Crippen molar-refractivity contribution in [3.63, 3.8) is 0 Å². The molecule has 1 aliphatic heterocycles. The summed E-state index contributed by atoms with van der Waals surface area (Å²) in [5.41, 5.74) is 2.35. The summed E-state index contributed by atoms with van der Waals surface area (Å²) in [5, 5.41) is 21.3. The molecule has 2 atom stereocenters. The molecular weight excluding hydrogens is 310 g/mol. The zero-order valence-corrected chi connectivity index (χ0v) is 14.4. The number of hydrogen-bond acceptors (Lipinski definition) is 6. The van der Waals surface area contributed by atoms with Crippen LogP contribution in [0.3, 0.4) is 0 Å². The van der Waals surface area contributed by atoms with Gasteiger partial charge in [-0.15, -0.1) is 0 Å². The van der Waals surface area contributed by atoms with Gasteiger partial charge in [0.25, 0.3) is 0 Å². The average molecular weight is 333 g/mol. The Bertz CT molecular complexity index is 716. The van der Waals surface area contributed by atoms with E-state index in [0.717, 1.165) is 17.0 Å². The number of carbonyl (C=O) groups excluding carboxylic acids is 1. The van der Waals surface area contributed by atoms with Gasteiger partial charge in [0.1, 0.15) is 5.76 Å². The van der Waals surface area contributed by atoms with E-state index >= 15 is 0 Å². The lowest BCUT2D eigenvalue weighted by Crippen LogP contribution is -2.36. The molecule has 1 amide bonds. The van der Waals surface area contributed by atoms with E-state index in [1.807, 2.05) is 27.7 Å². The molecule has 3 rings (SSSR count).